The Kier molecular flexibility index (Phi) is 3.19. The van der Waals surface area contributed by atoms with Crippen LogP contribution in [0.5, 0.6) is 0 Å². The molecule has 0 aliphatic carbocycles. The molecule has 0 aliphatic rings. The van der Waals surface area contributed by atoms with E-state index in [0.717, 1.165) is 21.1 Å². The molecule has 1 amide bonds. The van der Waals surface area contributed by atoms with Gasteiger partial charge in [0.25, 0.3) is 0 Å². The van der Waals surface area contributed by atoms with Gasteiger partial charge in [0.15, 0.2) is 0 Å². The largest absolute Gasteiger partial charge is 0.325 e. The van der Waals surface area contributed by atoms with Crippen LogP contribution in [0.3, 0.4) is 0 Å². The molecule has 4 heteroatoms. The topological polar surface area (TPSA) is 42.0 Å². The van der Waals surface area contributed by atoms with Gasteiger partial charge in [-0.3, -0.25) is 9.78 Å². The van der Waals surface area contributed by atoms with Gasteiger partial charge in [0.1, 0.15) is 0 Å². The number of nitrogens with zero attached hydrogens (tertiary/aromatic N) is 1. The Morgan fingerprint density at radius 1 is 1.44 bits per heavy atom. The molecule has 16 heavy (non-hydrogen) atoms. The molecule has 1 aromatic heterocycles. The van der Waals surface area contributed by atoms with Crippen molar-refractivity contribution in [3.8, 4) is 0 Å². The van der Waals surface area contributed by atoms with Gasteiger partial charge in [0, 0.05) is 18.0 Å². The number of hydrogen-bond acceptors (Lipinski definition) is 2. The molecule has 0 atom stereocenters. The number of halogens is 1. The zero-order chi connectivity index (χ0) is 11.5. The normalized spacial score (nSPS) is 10.4. The van der Waals surface area contributed by atoms with Gasteiger partial charge >= 0.3 is 0 Å². The van der Waals surface area contributed by atoms with E-state index in [4.69, 9.17) is 0 Å². The van der Waals surface area contributed by atoms with E-state index in [1.54, 1.807) is 6.20 Å². The average molecular weight is 279 g/mol. The maximum atomic E-state index is 11.3. The molecule has 3 nitrogen and oxygen atoms in total. The third-order valence-electron chi connectivity index (χ3n) is 2.31. The number of fused-ring (bicyclic) bond motifs is 1. The molecule has 0 unspecified atom stereocenters. The van der Waals surface area contributed by atoms with Crippen LogP contribution in [0.15, 0.2) is 34.9 Å². The van der Waals surface area contributed by atoms with Crippen molar-refractivity contribution in [3.63, 3.8) is 0 Å². The first-order valence-corrected chi connectivity index (χ1v) is 5.84. The van der Waals surface area contributed by atoms with Crippen molar-refractivity contribution in [2.75, 3.05) is 5.32 Å². The fourth-order valence-corrected chi connectivity index (χ4v) is 2.02. The van der Waals surface area contributed by atoms with Crippen molar-refractivity contribution in [1.29, 1.82) is 0 Å². The lowest BCUT2D eigenvalue weighted by molar-refractivity contribution is -0.115. The Labute approximate surface area is 102 Å². The summed E-state index contributed by atoms with van der Waals surface area (Å²) in [5.41, 5.74) is 1.69. The highest BCUT2D eigenvalue weighted by Crippen LogP contribution is 2.30. The number of benzene rings is 1. The SMILES string of the molecule is CCC(=O)Nc1ccc2ncccc2c1Br. The van der Waals surface area contributed by atoms with Crippen molar-refractivity contribution in [3.05, 3.63) is 34.9 Å². The van der Waals surface area contributed by atoms with Crippen LogP contribution in [-0.4, -0.2) is 10.9 Å². The first kappa shape index (κ1) is 11.1. The molecular formula is C12H11BrN2O. The fourth-order valence-electron chi connectivity index (χ4n) is 1.45. The number of carbonyl (C=O) groups is 1. The third kappa shape index (κ3) is 2.07. The van der Waals surface area contributed by atoms with Gasteiger partial charge in [-0.2, -0.15) is 0 Å². The second kappa shape index (κ2) is 4.61. The van der Waals surface area contributed by atoms with Crippen LogP contribution in [-0.2, 0) is 4.79 Å². The number of amides is 1. The molecule has 0 fully saturated rings. The maximum absolute atomic E-state index is 11.3. The van der Waals surface area contributed by atoms with Gasteiger partial charge < -0.3 is 5.32 Å². The Bertz CT molecular complexity index is 540. The molecule has 0 saturated heterocycles. The molecule has 0 aliphatic heterocycles. The number of aromatic nitrogens is 1. The van der Waals surface area contributed by atoms with E-state index in [2.05, 4.69) is 26.2 Å². The molecule has 2 aromatic rings. The van der Waals surface area contributed by atoms with E-state index in [1.165, 1.54) is 0 Å². The van der Waals surface area contributed by atoms with Gasteiger partial charge in [-0.05, 0) is 34.1 Å². The van der Waals surface area contributed by atoms with E-state index in [9.17, 15) is 4.79 Å². The Hall–Kier alpha value is -1.42. The Morgan fingerprint density at radius 2 is 2.25 bits per heavy atom. The van der Waals surface area contributed by atoms with Crippen molar-refractivity contribution in [2.24, 2.45) is 0 Å². The maximum Gasteiger partial charge on any atom is 0.224 e. The summed E-state index contributed by atoms with van der Waals surface area (Å²) < 4.78 is 0.875. The summed E-state index contributed by atoms with van der Waals surface area (Å²) in [7, 11) is 0. The van der Waals surface area contributed by atoms with Gasteiger partial charge in [0.05, 0.1) is 15.7 Å². The monoisotopic (exact) mass is 278 g/mol. The number of rotatable bonds is 2. The minimum Gasteiger partial charge on any atom is -0.325 e. The highest BCUT2D eigenvalue weighted by Gasteiger charge is 2.07. The Morgan fingerprint density at radius 3 is 3.00 bits per heavy atom. The molecule has 2 rings (SSSR count). The number of nitrogens with one attached hydrogen (secondary N) is 1. The van der Waals surface area contributed by atoms with E-state index in [1.807, 2.05) is 31.2 Å². The molecule has 82 valence electrons. The highest BCUT2D eigenvalue weighted by molar-refractivity contribution is 9.10. The molecule has 0 saturated carbocycles. The molecule has 1 N–H and O–H groups in total. The van der Waals surface area contributed by atoms with Crippen molar-refractivity contribution in [1.82, 2.24) is 4.98 Å². The first-order chi connectivity index (χ1) is 7.72. The minimum atomic E-state index is 0.00365. The fraction of sp³-hybridized carbons (Fsp3) is 0.167. The van der Waals surface area contributed by atoms with Crippen LogP contribution in [0.4, 0.5) is 5.69 Å². The summed E-state index contributed by atoms with van der Waals surface area (Å²) in [4.78, 5) is 15.6. The predicted molar refractivity (Wildman–Crippen MR) is 68.4 cm³/mol. The lowest BCUT2D eigenvalue weighted by Crippen LogP contribution is -2.09. The van der Waals surface area contributed by atoms with E-state index in [-0.39, 0.29) is 5.91 Å². The van der Waals surface area contributed by atoms with Crippen LogP contribution in [0.1, 0.15) is 13.3 Å². The standard InChI is InChI=1S/C12H11BrN2O/c1-2-11(16)15-10-6-5-9-8(12(10)13)4-3-7-14-9/h3-7H,2H2,1H3,(H,15,16). The van der Waals surface area contributed by atoms with E-state index < -0.39 is 0 Å². The van der Waals surface area contributed by atoms with E-state index in [0.29, 0.717) is 6.42 Å². The molecule has 0 radical (unpaired) electrons. The molecule has 0 bridgehead atoms. The Balaban J connectivity index is 2.48. The summed E-state index contributed by atoms with van der Waals surface area (Å²) in [5, 5.41) is 3.84. The van der Waals surface area contributed by atoms with Gasteiger partial charge in [0.2, 0.25) is 5.91 Å². The summed E-state index contributed by atoms with van der Waals surface area (Å²) in [6.45, 7) is 1.83. The zero-order valence-electron chi connectivity index (χ0n) is 8.83. The third-order valence-corrected chi connectivity index (χ3v) is 3.17. The molecule has 1 aromatic carbocycles. The second-order valence-corrected chi connectivity index (χ2v) is 4.19. The van der Waals surface area contributed by atoms with Gasteiger partial charge in [-0.25, -0.2) is 0 Å². The number of pyridine rings is 1. The number of hydrogen-bond donors (Lipinski definition) is 1. The van der Waals surface area contributed by atoms with Gasteiger partial charge in [-0.1, -0.05) is 13.0 Å². The van der Waals surface area contributed by atoms with Crippen molar-refractivity contribution >= 4 is 38.4 Å². The summed E-state index contributed by atoms with van der Waals surface area (Å²) >= 11 is 3.48. The van der Waals surface area contributed by atoms with Crippen LogP contribution in [0.2, 0.25) is 0 Å². The first-order valence-electron chi connectivity index (χ1n) is 5.05. The van der Waals surface area contributed by atoms with E-state index >= 15 is 0 Å². The lowest BCUT2D eigenvalue weighted by Gasteiger charge is -2.08. The van der Waals surface area contributed by atoms with Crippen LogP contribution in [0, 0.1) is 0 Å². The second-order valence-electron chi connectivity index (χ2n) is 3.40. The zero-order valence-corrected chi connectivity index (χ0v) is 10.4. The van der Waals surface area contributed by atoms with Crippen molar-refractivity contribution < 1.29 is 4.79 Å². The summed E-state index contributed by atoms with van der Waals surface area (Å²) in [6, 6.07) is 7.59. The summed E-state index contributed by atoms with van der Waals surface area (Å²) in [6.07, 6.45) is 2.22. The highest BCUT2D eigenvalue weighted by atomic mass is 79.9. The minimum absolute atomic E-state index is 0.00365. The number of anilines is 1. The summed E-state index contributed by atoms with van der Waals surface area (Å²) in [5.74, 6) is 0.00365. The van der Waals surface area contributed by atoms with Crippen molar-refractivity contribution in [2.45, 2.75) is 13.3 Å². The molecule has 1 heterocycles. The number of carbonyl (C=O) groups excluding carboxylic acids is 1. The van der Waals surface area contributed by atoms with Crippen LogP contribution < -0.4 is 5.32 Å². The van der Waals surface area contributed by atoms with Gasteiger partial charge in [-0.15, -0.1) is 0 Å². The van der Waals surface area contributed by atoms with Crippen LogP contribution in [0.25, 0.3) is 10.9 Å². The average Bonchev–Trinajstić information content (AvgIpc) is 2.33. The lowest BCUT2D eigenvalue weighted by atomic mass is 10.2. The molecule has 0 spiro atoms. The van der Waals surface area contributed by atoms with Crippen LogP contribution >= 0.6 is 15.9 Å². The quantitative estimate of drug-likeness (QED) is 0.916. The smallest absolute Gasteiger partial charge is 0.224 e. The predicted octanol–water partition coefficient (Wildman–Crippen LogP) is 3.35. The molecular weight excluding hydrogens is 268 g/mol.